The Kier molecular flexibility index (Phi) is 4.54. The van der Waals surface area contributed by atoms with Gasteiger partial charge in [0.05, 0.1) is 11.2 Å². The smallest absolute Gasteiger partial charge is 0.271 e. The topological polar surface area (TPSA) is 89.0 Å². The fourth-order valence-corrected chi connectivity index (χ4v) is 2.23. The molecule has 1 heterocycles. The fraction of sp³-hybridized carbons (Fsp3) is 0.154. The van der Waals surface area contributed by atoms with Crippen molar-refractivity contribution < 1.29 is 13.2 Å². The number of hydrogen-bond acceptors (Lipinski definition) is 5. The summed E-state index contributed by atoms with van der Waals surface area (Å²) in [7, 11) is -3.60. The van der Waals surface area contributed by atoms with Crippen LogP contribution < -0.4 is 5.32 Å². The molecule has 0 aliphatic heterocycles. The second-order valence-electron chi connectivity index (χ2n) is 4.29. The van der Waals surface area contributed by atoms with Crippen LogP contribution in [0.3, 0.4) is 0 Å². The van der Waals surface area contributed by atoms with E-state index in [-0.39, 0.29) is 17.3 Å². The minimum Gasteiger partial charge on any atom is -0.347 e. The number of sulfone groups is 1. The summed E-state index contributed by atoms with van der Waals surface area (Å²) in [6, 6.07) is 9.26. The third kappa shape index (κ3) is 3.99. The van der Waals surface area contributed by atoms with Crippen LogP contribution in [-0.4, -0.2) is 30.5 Å². The van der Waals surface area contributed by atoms with Gasteiger partial charge >= 0.3 is 0 Å². The van der Waals surface area contributed by atoms with Gasteiger partial charge in [-0.3, -0.25) is 4.79 Å². The van der Waals surface area contributed by atoms with E-state index < -0.39 is 20.9 Å². The van der Waals surface area contributed by atoms with Gasteiger partial charge in [0.1, 0.15) is 0 Å². The molecule has 0 saturated carbocycles. The quantitative estimate of drug-likeness (QED) is 0.860. The highest BCUT2D eigenvalue weighted by atomic mass is 35.5. The third-order valence-corrected chi connectivity index (χ3v) is 3.70. The first-order valence-corrected chi connectivity index (χ1v) is 8.19. The molecule has 21 heavy (non-hydrogen) atoms. The SMILES string of the molecule is CS(=O)(=O)c1ncc(Cl)c(C(=O)NCc2ccccc2)n1. The number of rotatable bonds is 4. The lowest BCUT2D eigenvalue weighted by Crippen LogP contribution is -2.25. The van der Waals surface area contributed by atoms with E-state index in [1.54, 1.807) is 0 Å². The highest BCUT2D eigenvalue weighted by Gasteiger charge is 2.18. The standard InChI is InChI=1S/C13H12ClN3O3S/c1-21(19,20)13-16-8-10(14)11(17-13)12(18)15-7-9-5-3-2-4-6-9/h2-6,8H,7H2,1H3,(H,15,18). The average Bonchev–Trinajstić information content (AvgIpc) is 2.45. The van der Waals surface area contributed by atoms with Crippen LogP contribution >= 0.6 is 11.6 Å². The third-order valence-electron chi connectivity index (χ3n) is 2.56. The molecule has 1 N–H and O–H groups in total. The number of aromatic nitrogens is 2. The Bertz CT molecular complexity index is 763. The maximum absolute atomic E-state index is 12.0. The van der Waals surface area contributed by atoms with Crippen LogP contribution in [0.1, 0.15) is 16.1 Å². The number of halogens is 1. The maximum atomic E-state index is 12.0. The predicted octanol–water partition coefficient (Wildman–Crippen LogP) is 1.46. The zero-order chi connectivity index (χ0) is 15.5. The molecule has 8 heteroatoms. The van der Waals surface area contributed by atoms with E-state index in [0.717, 1.165) is 18.0 Å². The fourth-order valence-electron chi connectivity index (χ4n) is 1.55. The molecule has 0 saturated heterocycles. The number of amides is 1. The Morgan fingerprint density at radius 1 is 1.29 bits per heavy atom. The number of carbonyl (C=O) groups is 1. The van der Waals surface area contributed by atoms with Crippen molar-refractivity contribution >= 4 is 27.3 Å². The molecule has 1 aromatic carbocycles. The molecule has 0 aliphatic rings. The van der Waals surface area contributed by atoms with Crippen LogP contribution in [-0.2, 0) is 16.4 Å². The zero-order valence-electron chi connectivity index (χ0n) is 11.1. The van der Waals surface area contributed by atoms with Gasteiger partial charge in [-0.15, -0.1) is 0 Å². The van der Waals surface area contributed by atoms with Gasteiger partial charge in [0.2, 0.25) is 15.0 Å². The van der Waals surface area contributed by atoms with Crippen molar-refractivity contribution in [3.8, 4) is 0 Å². The van der Waals surface area contributed by atoms with Gasteiger partial charge in [-0.1, -0.05) is 41.9 Å². The van der Waals surface area contributed by atoms with E-state index in [9.17, 15) is 13.2 Å². The predicted molar refractivity (Wildman–Crippen MR) is 77.8 cm³/mol. The van der Waals surface area contributed by atoms with Crippen molar-refractivity contribution in [2.24, 2.45) is 0 Å². The van der Waals surface area contributed by atoms with E-state index in [0.29, 0.717) is 0 Å². The lowest BCUT2D eigenvalue weighted by Gasteiger charge is -2.07. The number of nitrogens with one attached hydrogen (secondary N) is 1. The molecular formula is C13H12ClN3O3S. The van der Waals surface area contributed by atoms with Crippen molar-refractivity contribution in [2.45, 2.75) is 11.7 Å². The monoisotopic (exact) mass is 325 g/mol. The lowest BCUT2D eigenvalue weighted by molar-refractivity contribution is 0.0945. The van der Waals surface area contributed by atoms with E-state index in [2.05, 4.69) is 15.3 Å². The first kappa shape index (κ1) is 15.4. The van der Waals surface area contributed by atoms with Crippen molar-refractivity contribution in [1.29, 1.82) is 0 Å². The van der Waals surface area contributed by atoms with Gasteiger partial charge in [-0.25, -0.2) is 18.4 Å². The van der Waals surface area contributed by atoms with Gasteiger partial charge < -0.3 is 5.32 Å². The zero-order valence-corrected chi connectivity index (χ0v) is 12.6. The number of hydrogen-bond donors (Lipinski definition) is 1. The van der Waals surface area contributed by atoms with E-state index in [4.69, 9.17) is 11.6 Å². The Labute approximate surface area is 127 Å². The summed E-state index contributed by atoms with van der Waals surface area (Å²) < 4.78 is 22.8. The molecule has 6 nitrogen and oxygen atoms in total. The summed E-state index contributed by atoms with van der Waals surface area (Å²) in [5, 5.41) is 2.19. The Hall–Kier alpha value is -1.99. The Morgan fingerprint density at radius 3 is 2.57 bits per heavy atom. The highest BCUT2D eigenvalue weighted by molar-refractivity contribution is 7.90. The van der Waals surface area contributed by atoms with Gasteiger partial charge in [-0.05, 0) is 5.56 Å². The van der Waals surface area contributed by atoms with E-state index in [1.807, 2.05) is 30.3 Å². The van der Waals surface area contributed by atoms with Crippen LogP contribution in [0.2, 0.25) is 5.02 Å². The number of carbonyl (C=O) groups excluding carboxylic acids is 1. The molecule has 1 amide bonds. The normalized spacial score (nSPS) is 11.1. The second-order valence-corrected chi connectivity index (χ2v) is 6.61. The molecule has 0 aliphatic carbocycles. The molecule has 0 unspecified atom stereocenters. The van der Waals surface area contributed by atoms with Gasteiger partial charge in [0.25, 0.3) is 5.91 Å². The van der Waals surface area contributed by atoms with Crippen molar-refractivity contribution in [3.05, 3.63) is 52.8 Å². The molecule has 0 bridgehead atoms. The molecular weight excluding hydrogens is 314 g/mol. The molecule has 0 radical (unpaired) electrons. The molecule has 2 rings (SSSR count). The summed E-state index contributed by atoms with van der Waals surface area (Å²) >= 11 is 5.84. The van der Waals surface area contributed by atoms with Crippen LogP contribution in [0.25, 0.3) is 0 Å². The Balaban J connectivity index is 2.19. The molecule has 110 valence electrons. The lowest BCUT2D eigenvalue weighted by atomic mass is 10.2. The summed E-state index contributed by atoms with van der Waals surface area (Å²) in [6.45, 7) is 0.286. The average molecular weight is 326 g/mol. The van der Waals surface area contributed by atoms with E-state index >= 15 is 0 Å². The molecule has 0 spiro atoms. The molecule has 2 aromatic rings. The first-order valence-electron chi connectivity index (χ1n) is 5.92. The molecule has 0 atom stereocenters. The van der Waals surface area contributed by atoms with Crippen LogP contribution in [0.4, 0.5) is 0 Å². The first-order chi connectivity index (χ1) is 9.88. The van der Waals surface area contributed by atoms with Crippen LogP contribution in [0.5, 0.6) is 0 Å². The highest BCUT2D eigenvalue weighted by Crippen LogP contribution is 2.14. The molecule has 0 fully saturated rings. The summed E-state index contributed by atoms with van der Waals surface area (Å²) in [5.41, 5.74) is 0.738. The second kappa shape index (κ2) is 6.19. The van der Waals surface area contributed by atoms with Crippen LogP contribution in [0.15, 0.2) is 41.7 Å². The van der Waals surface area contributed by atoms with Gasteiger partial charge in [-0.2, -0.15) is 0 Å². The van der Waals surface area contributed by atoms with Crippen molar-refractivity contribution in [3.63, 3.8) is 0 Å². The van der Waals surface area contributed by atoms with Gasteiger partial charge in [0, 0.05) is 12.8 Å². The maximum Gasteiger partial charge on any atom is 0.271 e. The van der Waals surface area contributed by atoms with Gasteiger partial charge in [0.15, 0.2) is 5.69 Å². The number of nitrogens with zero attached hydrogens (tertiary/aromatic N) is 2. The Morgan fingerprint density at radius 2 is 1.95 bits per heavy atom. The minimum atomic E-state index is -3.60. The van der Waals surface area contributed by atoms with E-state index in [1.165, 1.54) is 0 Å². The number of benzene rings is 1. The summed E-state index contributed by atoms with van der Waals surface area (Å²) in [6.07, 6.45) is 2.06. The molecule has 1 aromatic heterocycles. The summed E-state index contributed by atoms with van der Waals surface area (Å²) in [5.74, 6) is -0.559. The minimum absolute atomic E-state index is 0.00652. The summed E-state index contributed by atoms with van der Waals surface area (Å²) in [4.78, 5) is 19.3. The van der Waals surface area contributed by atoms with Crippen molar-refractivity contribution in [1.82, 2.24) is 15.3 Å². The van der Waals surface area contributed by atoms with Crippen LogP contribution in [0, 0.1) is 0 Å². The largest absolute Gasteiger partial charge is 0.347 e. The van der Waals surface area contributed by atoms with Crippen molar-refractivity contribution in [2.75, 3.05) is 6.26 Å².